The molecule has 0 aliphatic heterocycles. The van der Waals surface area contributed by atoms with Gasteiger partial charge in [0.25, 0.3) is 0 Å². The lowest BCUT2D eigenvalue weighted by molar-refractivity contribution is 0.725. The lowest BCUT2D eigenvalue weighted by Crippen LogP contribution is -2.22. The van der Waals surface area contributed by atoms with Gasteiger partial charge in [-0.05, 0) is 33.6 Å². The van der Waals surface area contributed by atoms with Gasteiger partial charge in [-0.3, -0.25) is 4.57 Å². The zero-order valence-electron chi connectivity index (χ0n) is 8.43. The molecule has 0 amide bonds. The number of hydrogen-bond donors (Lipinski definition) is 1. The SMILES string of the molecule is Nc1cccc(Cn2cccnc2=O)c1Br. The quantitative estimate of drug-likeness (QED) is 0.851. The van der Waals surface area contributed by atoms with Crippen molar-refractivity contribution < 1.29 is 0 Å². The van der Waals surface area contributed by atoms with Gasteiger partial charge in [0.15, 0.2) is 0 Å². The molecule has 0 aliphatic carbocycles. The lowest BCUT2D eigenvalue weighted by atomic mass is 10.2. The van der Waals surface area contributed by atoms with Crippen LogP contribution in [0.5, 0.6) is 0 Å². The Morgan fingerprint density at radius 2 is 2.19 bits per heavy atom. The van der Waals surface area contributed by atoms with E-state index in [4.69, 9.17) is 5.73 Å². The summed E-state index contributed by atoms with van der Waals surface area (Å²) >= 11 is 3.40. The van der Waals surface area contributed by atoms with Crippen LogP contribution in [0.3, 0.4) is 0 Å². The fourth-order valence-corrected chi connectivity index (χ4v) is 1.80. The zero-order chi connectivity index (χ0) is 11.5. The molecule has 1 heterocycles. The van der Waals surface area contributed by atoms with Gasteiger partial charge in [0.2, 0.25) is 0 Å². The van der Waals surface area contributed by atoms with Gasteiger partial charge in [-0.15, -0.1) is 0 Å². The summed E-state index contributed by atoms with van der Waals surface area (Å²) in [5, 5.41) is 0. The normalized spacial score (nSPS) is 10.3. The molecule has 5 heteroatoms. The summed E-state index contributed by atoms with van der Waals surface area (Å²) < 4.78 is 2.35. The van der Waals surface area contributed by atoms with Crippen LogP contribution in [0.15, 0.2) is 45.9 Å². The molecular weight excluding hydrogens is 270 g/mol. The summed E-state index contributed by atoms with van der Waals surface area (Å²) in [5.74, 6) is 0. The van der Waals surface area contributed by atoms with E-state index in [9.17, 15) is 4.79 Å². The van der Waals surface area contributed by atoms with Gasteiger partial charge in [-0.25, -0.2) is 9.78 Å². The highest BCUT2D eigenvalue weighted by atomic mass is 79.9. The largest absolute Gasteiger partial charge is 0.398 e. The maximum Gasteiger partial charge on any atom is 0.347 e. The Hall–Kier alpha value is -1.62. The molecule has 0 saturated carbocycles. The second-order valence-electron chi connectivity index (χ2n) is 3.35. The van der Waals surface area contributed by atoms with Gasteiger partial charge in [-0.2, -0.15) is 0 Å². The third kappa shape index (κ3) is 2.14. The van der Waals surface area contributed by atoms with Crippen molar-refractivity contribution >= 4 is 21.6 Å². The summed E-state index contributed by atoms with van der Waals surface area (Å²) in [5.41, 5.74) is 7.11. The third-order valence-corrected chi connectivity index (χ3v) is 3.20. The maximum atomic E-state index is 11.4. The average Bonchev–Trinajstić information content (AvgIpc) is 2.28. The summed E-state index contributed by atoms with van der Waals surface area (Å²) in [4.78, 5) is 15.1. The highest BCUT2D eigenvalue weighted by Gasteiger charge is 2.04. The molecule has 0 aliphatic rings. The first-order chi connectivity index (χ1) is 7.68. The van der Waals surface area contributed by atoms with E-state index in [2.05, 4.69) is 20.9 Å². The second kappa shape index (κ2) is 4.49. The van der Waals surface area contributed by atoms with Crippen molar-refractivity contribution in [3.8, 4) is 0 Å². The number of nitrogen functional groups attached to an aromatic ring is 1. The molecule has 2 rings (SSSR count). The van der Waals surface area contributed by atoms with Crippen LogP contribution in [0, 0.1) is 0 Å². The number of hydrogen-bond acceptors (Lipinski definition) is 3. The smallest absolute Gasteiger partial charge is 0.347 e. The average molecular weight is 280 g/mol. The van der Waals surface area contributed by atoms with Crippen molar-refractivity contribution in [3.63, 3.8) is 0 Å². The van der Waals surface area contributed by atoms with E-state index in [0.29, 0.717) is 12.2 Å². The Labute approximate surface area is 101 Å². The highest BCUT2D eigenvalue weighted by Crippen LogP contribution is 2.23. The third-order valence-electron chi connectivity index (χ3n) is 2.23. The Kier molecular flexibility index (Phi) is 3.05. The first-order valence-corrected chi connectivity index (χ1v) is 5.52. The second-order valence-corrected chi connectivity index (χ2v) is 4.14. The molecule has 0 saturated heterocycles. The summed E-state index contributed by atoms with van der Waals surface area (Å²) in [7, 11) is 0. The topological polar surface area (TPSA) is 60.9 Å². The fourth-order valence-electron chi connectivity index (χ4n) is 1.41. The minimum atomic E-state index is -0.267. The lowest BCUT2D eigenvalue weighted by Gasteiger charge is -2.08. The van der Waals surface area contributed by atoms with Gasteiger partial charge in [0, 0.05) is 22.6 Å². The molecule has 0 spiro atoms. The number of aromatic nitrogens is 2. The predicted octanol–water partition coefficient (Wildman–Crippen LogP) is 1.64. The Morgan fingerprint density at radius 1 is 1.38 bits per heavy atom. The van der Waals surface area contributed by atoms with E-state index in [-0.39, 0.29) is 5.69 Å². The van der Waals surface area contributed by atoms with Crippen molar-refractivity contribution in [1.82, 2.24) is 9.55 Å². The van der Waals surface area contributed by atoms with Crippen LogP contribution in [0.1, 0.15) is 5.56 Å². The predicted molar refractivity (Wildman–Crippen MR) is 66.2 cm³/mol. The van der Waals surface area contributed by atoms with E-state index in [1.165, 1.54) is 10.8 Å². The van der Waals surface area contributed by atoms with Gasteiger partial charge in [0.05, 0.1) is 6.54 Å². The summed E-state index contributed by atoms with van der Waals surface area (Å²) in [6, 6.07) is 7.30. The van der Waals surface area contributed by atoms with Gasteiger partial charge in [0.1, 0.15) is 0 Å². The number of anilines is 1. The summed E-state index contributed by atoms with van der Waals surface area (Å²) in [6.45, 7) is 0.457. The van der Waals surface area contributed by atoms with Crippen LogP contribution in [0.4, 0.5) is 5.69 Å². The minimum absolute atomic E-state index is 0.267. The monoisotopic (exact) mass is 279 g/mol. The molecule has 0 radical (unpaired) electrons. The van der Waals surface area contributed by atoms with Gasteiger partial charge >= 0.3 is 5.69 Å². The number of rotatable bonds is 2. The molecule has 2 aromatic rings. The van der Waals surface area contributed by atoms with Crippen LogP contribution in [0.2, 0.25) is 0 Å². The molecule has 16 heavy (non-hydrogen) atoms. The first kappa shape index (κ1) is 10.9. The molecule has 4 nitrogen and oxygen atoms in total. The van der Waals surface area contributed by atoms with Crippen LogP contribution >= 0.6 is 15.9 Å². The van der Waals surface area contributed by atoms with Crippen molar-refractivity contribution in [2.75, 3.05) is 5.73 Å². The first-order valence-electron chi connectivity index (χ1n) is 4.73. The molecule has 0 fully saturated rings. The van der Waals surface area contributed by atoms with Crippen molar-refractivity contribution in [3.05, 3.63) is 57.2 Å². The van der Waals surface area contributed by atoms with E-state index >= 15 is 0 Å². The summed E-state index contributed by atoms with van der Waals surface area (Å²) in [6.07, 6.45) is 3.18. The van der Waals surface area contributed by atoms with E-state index in [0.717, 1.165) is 10.0 Å². The molecule has 1 aromatic carbocycles. The number of halogens is 1. The molecule has 82 valence electrons. The highest BCUT2D eigenvalue weighted by molar-refractivity contribution is 9.10. The Morgan fingerprint density at radius 3 is 2.94 bits per heavy atom. The van der Waals surface area contributed by atoms with Crippen molar-refractivity contribution in [2.24, 2.45) is 0 Å². The maximum absolute atomic E-state index is 11.4. The number of nitrogens with zero attached hydrogens (tertiary/aromatic N) is 2. The van der Waals surface area contributed by atoms with E-state index < -0.39 is 0 Å². The van der Waals surface area contributed by atoms with E-state index in [1.807, 2.05) is 12.1 Å². The van der Waals surface area contributed by atoms with Crippen LogP contribution in [-0.2, 0) is 6.54 Å². The fraction of sp³-hybridized carbons (Fsp3) is 0.0909. The molecule has 0 atom stereocenters. The standard InChI is InChI=1S/C11H10BrN3O/c12-10-8(3-1-4-9(10)13)7-15-6-2-5-14-11(15)16/h1-6H,7,13H2. The number of nitrogens with two attached hydrogens (primary N) is 1. The molecule has 0 bridgehead atoms. The van der Waals surface area contributed by atoms with Crippen LogP contribution in [0.25, 0.3) is 0 Å². The molecule has 1 aromatic heterocycles. The number of benzene rings is 1. The minimum Gasteiger partial charge on any atom is -0.398 e. The van der Waals surface area contributed by atoms with Crippen LogP contribution in [-0.4, -0.2) is 9.55 Å². The van der Waals surface area contributed by atoms with Crippen LogP contribution < -0.4 is 11.4 Å². The molecular formula is C11H10BrN3O. The van der Waals surface area contributed by atoms with Gasteiger partial charge < -0.3 is 5.73 Å². The molecule has 0 unspecified atom stereocenters. The van der Waals surface area contributed by atoms with Crippen molar-refractivity contribution in [2.45, 2.75) is 6.54 Å². The Bertz CT molecular complexity index is 565. The van der Waals surface area contributed by atoms with E-state index in [1.54, 1.807) is 18.3 Å². The molecule has 2 N–H and O–H groups in total. The van der Waals surface area contributed by atoms with Crippen molar-refractivity contribution in [1.29, 1.82) is 0 Å². The van der Waals surface area contributed by atoms with Gasteiger partial charge in [-0.1, -0.05) is 12.1 Å². The Balaban J connectivity index is 2.38. The zero-order valence-corrected chi connectivity index (χ0v) is 10.0.